The number of anilines is 1. The number of carbonyl (C=O) groups excluding carboxylic acids is 2. The third-order valence-corrected chi connectivity index (χ3v) is 4.54. The molecule has 0 aromatic heterocycles. The zero-order chi connectivity index (χ0) is 19.3. The second-order valence-electron chi connectivity index (χ2n) is 6.76. The van der Waals surface area contributed by atoms with Gasteiger partial charge in [-0.3, -0.25) is 9.59 Å². The third-order valence-electron chi connectivity index (χ3n) is 4.54. The van der Waals surface area contributed by atoms with Crippen LogP contribution in [0.2, 0.25) is 0 Å². The van der Waals surface area contributed by atoms with Gasteiger partial charge in [-0.05, 0) is 69.3 Å². The molecule has 0 saturated heterocycles. The van der Waals surface area contributed by atoms with Crippen molar-refractivity contribution in [2.75, 3.05) is 38.7 Å². The summed E-state index contributed by atoms with van der Waals surface area (Å²) in [5.74, 6) is -0.202. The molecule has 0 atom stereocenters. The van der Waals surface area contributed by atoms with Crippen LogP contribution in [0, 0.1) is 0 Å². The molecule has 0 unspecified atom stereocenters. The van der Waals surface area contributed by atoms with E-state index in [0.29, 0.717) is 24.4 Å². The number of hydrogen-bond acceptors (Lipinski definition) is 4. The van der Waals surface area contributed by atoms with Gasteiger partial charge in [0.25, 0.3) is 5.91 Å². The first-order valence-corrected chi connectivity index (χ1v) is 9.74. The van der Waals surface area contributed by atoms with Crippen molar-refractivity contribution >= 4 is 17.5 Å². The van der Waals surface area contributed by atoms with Gasteiger partial charge < -0.3 is 20.7 Å². The summed E-state index contributed by atoms with van der Waals surface area (Å²) in [4.78, 5) is 24.0. The number of carbonyl (C=O) groups is 2. The minimum atomic E-state index is -0.123. The van der Waals surface area contributed by atoms with Crippen molar-refractivity contribution in [2.45, 2.75) is 38.5 Å². The Balaban J connectivity index is 1.65. The van der Waals surface area contributed by atoms with Gasteiger partial charge in [0.2, 0.25) is 5.91 Å². The van der Waals surface area contributed by atoms with E-state index in [1.54, 1.807) is 31.4 Å². The van der Waals surface area contributed by atoms with Crippen LogP contribution in [-0.4, -0.2) is 45.2 Å². The number of benzene rings is 1. The van der Waals surface area contributed by atoms with E-state index in [9.17, 15) is 9.59 Å². The van der Waals surface area contributed by atoms with Crippen LogP contribution < -0.4 is 16.0 Å². The first kappa shape index (κ1) is 21.1. The quantitative estimate of drug-likeness (QED) is 0.412. The van der Waals surface area contributed by atoms with Crippen molar-refractivity contribution < 1.29 is 14.3 Å². The number of methoxy groups -OCH3 is 1. The molecule has 1 aromatic carbocycles. The molecular formula is C21H31N3O3. The van der Waals surface area contributed by atoms with Crippen LogP contribution in [-0.2, 0) is 9.53 Å². The van der Waals surface area contributed by atoms with Crippen LogP contribution in [0.3, 0.4) is 0 Å². The van der Waals surface area contributed by atoms with Crippen molar-refractivity contribution in [3.05, 3.63) is 41.5 Å². The maximum Gasteiger partial charge on any atom is 0.251 e. The summed E-state index contributed by atoms with van der Waals surface area (Å²) < 4.78 is 4.95. The number of ether oxygens (including phenoxy) is 1. The zero-order valence-corrected chi connectivity index (χ0v) is 16.2. The van der Waals surface area contributed by atoms with E-state index in [4.69, 9.17) is 4.74 Å². The largest absolute Gasteiger partial charge is 0.385 e. The molecule has 2 rings (SSSR count). The highest BCUT2D eigenvalue weighted by molar-refractivity contribution is 5.96. The van der Waals surface area contributed by atoms with Gasteiger partial charge in [0.05, 0.1) is 6.54 Å². The van der Waals surface area contributed by atoms with Crippen LogP contribution in [0.5, 0.6) is 0 Å². The molecule has 1 aliphatic carbocycles. The zero-order valence-electron chi connectivity index (χ0n) is 16.2. The molecule has 0 heterocycles. The van der Waals surface area contributed by atoms with Gasteiger partial charge in [-0.25, -0.2) is 0 Å². The first-order valence-electron chi connectivity index (χ1n) is 9.74. The number of hydrogen-bond donors (Lipinski definition) is 3. The van der Waals surface area contributed by atoms with E-state index in [1.807, 2.05) is 0 Å². The van der Waals surface area contributed by atoms with Gasteiger partial charge in [0, 0.05) is 31.5 Å². The van der Waals surface area contributed by atoms with Crippen LogP contribution in [0.15, 0.2) is 35.9 Å². The van der Waals surface area contributed by atoms with Crippen LogP contribution in [0.4, 0.5) is 5.69 Å². The first-order chi connectivity index (χ1) is 13.2. The smallest absolute Gasteiger partial charge is 0.251 e. The van der Waals surface area contributed by atoms with Gasteiger partial charge in [-0.15, -0.1) is 0 Å². The number of nitrogens with one attached hydrogen (secondary N) is 3. The van der Waals surface area contributed by atoms with E-state index in [1.165, 1.54) is 31.3 Å². The van der Waals surface area contributed by atoms with Crippen LogP contribution in [0.25, 0.3) is 0 Å². The highest BCUT2D eigenvalue weighted by Gasteiger charge is 2.07. The number of allylic oxidation sites excluding steroid dienone is 1. The molecule has 1 aromatic rings. The van der Waals surface area contributed by atoms with E-state index in [2.05, 4.69) is 22.0 Å². The summed E-state index contributed by atoms with van der Waals surface area (Å²) in [7, 11) is 1.64. The molecule has 0 saturated carbocycles. The van der Waals surface area contributed by atoms with Crippen LogP contribution >= 0.6 is 0 Å². The van der Waals surface area contributed by atoms with Gasteiger partial charge >= 0.3 is 0 Å². The molecule has 0 fully saturated rings. The lowest BCUT2D eigenvalue weighted by atomic mass is 9.97. The Labute approximate surface area is 161 Å². The van der Waals surface area contributed by atoms with E-state index >= 15 is 0 Å². The second kappa shape index (κ2) is 12.3. The Morgan fingerprint density at radius 2 is 1.93 bits per heavy atom. The molecule has 0 aliphatic heterocycles. The van der Waals surface area contributed by atoms with Gasteiger partial charge in [-0.1, -0.05) is 11.6 Å². The predicted molar refractivity (Wildman–Crippen MR) is 108 cm³/mol. The van der Waals surface area contributed by atoms with Crippen molar-refractivity contribution in [1.82, 2.24) is 10.6 Å². The predicted octanol–water partition coefficient (Wildman–Crippen LogP) is 2.87. The molecular weight excluding hydrogens is 342 g/mol. The monoisotopic (exact) mass is 373 g/mol. The van der Waals surface area contributed by atoms with Crippen LogP contribution in [0.1, 0.15) is 48.9 Å². The summed E-state index contributed by atoms with van der Waals surface area (Å²) in [5, 5.41) is 8.87. The third kappa shape index (κ3) is 8.37. The Bertz CT molecular complexity index is 626. The Morgan fingerprint density at radius 1 is 1.11 bits per heavy atom. The summed E-state index contributed by atoms with van der Waals surface area (Å²) in [6.45, 7) is 2.31. The molecule has 1 aliphatic rings. The molecule has 27 heavy (non-hydrogen) atoms. The molecule has 2 amide bonds. The molecule has 6 nitrogen and oxygen atoms in total. The maximum absolute atomic E-state index is 12.0. The molecule has 3 N–H and O–H groups in total. The summed E-state index contributed by atoms with van der Waals surface area (Å²) in [5.41, 5.74) is 2.77. The highest BCUT2D eigenvalue weighted by Crippen LogP contribution is 2.19. The molecule has 0 spiro atoms. The molecule has 148 valence electrons. The number of amides is 2. The molecule has 0 radical (unpaired) electrons. The number of rotatable bonds is 11. The van der Waals surface area contributed by atoms with Gasteiger partial charge in [-0.2, -0.15) is 0 Å². The van der Waals surface area contributed by atoms with E-state index in [0.717, 1.165) is 19.4 Å². The minimum absolute atomic E-state index is 0.0793. The average molecular weight is 373 g/mol. The minimum Gasteiger partial charge on any atom is -0.385 e. The lowest BCUT2D eigenvalue weighted by molar-refractivity contribution is -0.115. The lowest BCUT2D eigenvalue weighted by Gasteiger charge is -2.13. The average Bonchev–Trinajstić information content (AvgIpc) is 2.70. The van der Waals surface area contributed by atoms with Gasteiger partial charge in [0.15, 0.2) is 0 Å². The maximum atomic E-state index is 12.0. The fourth-order valence-electron chi connectivity index (χ4n) is 3.01. The fourth-order valence-corrected chi connectivity index (χ4v) is 3.01. The SMILES string of the molecule is COCCCNC(=O)c1ccc(NC(=O)CNCCC2=CCCCC2)cc1. The van der Waals surface area contributed by atoms with E-state index in [-0.39, 0.29) is 18.4 Å². The molecule has 6 heteroatoms. The Morgan fingerprint density at radius 3 is 2.63 bits per heavy atom. The van der Waals surface area contributed by atoms with Crippen molar-refractivity contribution in [3.8, 4) is 0 Å². The van der Waals surface area contributed by atoms with Gasteiger partial charge in [0.1, 0.15) is 0 Å². The Hall–Kier alpha value is -2.18. The highest BCUT2D eigenvalue weighted by atomic mass is 16.5. The second-order valence-corrected chi connectivity index (χ2v) is 6.76. The summed E-state index contributed by atoms with van der Waals surface area (Å²) >= 11 is 0. The molecule has 0 bridgehead atoms. The van der Waals surface area contributed by atoms with Crippen molar-refractivity contribution in [1.29, 1.82) is 0 Å². The standard InChI is InChI=1S/C21H31N3O3/c1-27-15-5-13-23-21(26)18-8-10-19(11-9-18)24-20(25)16-22-14-12-17-6-3-2-4-7-17/h6,8-11,22H,2-5,7,12-16H2,1H3,(H,23,26)(H,24,25). The normalized spacial score (nSPS) is 13.7. The topological polar surface area (TPSA) is 79.5 Å². The fraction of sp³-hybridized carbons (Fsp3) is 0.524. The lowest BCUT2D eigenvalue weighted by Crippen LogP contribution is -2.29. The summed E-state index contributed by atoms with van der Waals surface area (Å²) in [6, 6.07) is 6.91. The van der Waals surface area contributed by atoms with Crippen molar-refractivity contribution in [3.63, 3.8) is 0 Å². The van der Waals surface area contributed by atoms with Crippen molar-refractivity contribution in [2.24, 2.45) is 0 Å². The summed E-state index contributed by atoms with van der Waals surface area (Å²) in [6.07, 6.45) is 9.10. The van der Waals surface area contributed by atoms with E-state index < -0.39 is 0 Å². The Kier molecular flexibility index (Phi) is 9.58.